The highest BCUT2D eigenvalue weighted by Crippen LogP contribution is 2.30. The molecule has 0 radical (unpaired) electrons. The Morgan fingerprint density at radius 1 is 1.23 bits per heavy atom. The van der Waals surface area contributed by atoms with Gasteiger partial charge in [-0.2, -0.15) is 13.2 Å². The summed E-state index contributed by atoms with van der Waals surface area (Å²) in [4.78, 5) is 11.1. The molecular weight excluding hydrogens is 533 g/mol. The Kier molecular flexibility index (Phi) is 8.89. The third kappa shape index (κ3) is 6.56. The van der Waals surface area contributed by atoms with E-state index in [0.717, 1.165) is 33.2 Å². The third-order valence-corrected chi connectivity index (χ3v) is 5.11. The Morgan fingerprint density at radius 2 is 2.03 bits per heavy atom. The van der Waals surface area contributed by atoms with Gasteiger partial charge < -0.3 is 15.6 Å². The summed E-state index contributed by atoms with van der Waals surface area (Å²) in [5.74, 6) is 0.295. The average Bonchev–Trinajstić information content (AvgIpc) is 3.29. The van der Waals surface area contributed by atoms with Crippen molar-refractivity contribution in [2.45, 2.75) is 25.9 Å². The van der Waals surface area contributed by atoms with Crippen LogP contribution in [0.25, 0.3) is 10.9 Å². The van der Waals surface area contributed by atoms with E-state index in [1.807, 2.05) is 13.1 Å². The maximum absolute atomic E-state index is 13.5. The van der Waals surface area contributed by atoms with E-state index in [4.69, 9.17) is 0 Å². The Hall–Kier alpha value is -1.89. The zero-order valence-corrected chi connectivity index (χ0v) is 19.3. The van der Waals surface area contributed by atoms with E-state index in [1.54, 1.807) is 6.07 Å². The van der Waals surface area contributed by atoms with E-state index >= 15 is 0 Å². The van der Waals surface area contributed by atoms with Gasteiger partial charge in [0.25, 0.3) is 0 Å². The number of hydrogen-bond donors (Lipinski definition) is 3. The molecule has 2 aromatic heterocycles. The summed E-state index contributed by atoms with van der Waals surface area (Å²) >= 11 is 0.985. The highest BCUT2D eigenvalue weighted by molar-refractivity contribution is 14.0. The molecule has 0 amide bonds. The molecule has 5 nitrogen and oxygen atoms in total. The molecule has 164 valence electrons. The predicted molar refractivity (Wildman–Crippen MR) is 122 cm³/mol. The van der Waals surface area contributed by atoms with Crippen molar-refractivity contribution in [2.24, 2.45) is 4.99 Å². The lowest BCUT2D eigenvalue weighted by atomic mass is 10.1. The van der Waals surface area contributed by atoms with Crippen LogP contribution in [0.5, 0.6) is 0 Å². The van der Waals surface area contributed by atoms with E-state index in [2.05, 4.69) is 25.6 Å². The molecular formula is C19H22F4IN5S. The van der Waals surface area contributed by atoms with Gasteiger partial charge in [0.05, 0.1) is 5.01 Å². The molecule has 3 rings (SSSR count). The van der Waals surface area contributed by atoms with Crippen LogP contribution in [0.15, 0.2) is 34.8 Å². The van der Waals surface area contributed by atoms with E-state index in [0.29, 0.717) is 43.4 Å². The quantitative estimate of drug-likeness (QED) is 0.171. The van der Waals surface area contributed by atoms with E-state index < -0.39 is 11.9 Å². The molecule has 1 aromatic carbocycles. The zero-order chi connectivity index (χ0) is 20.9. The van der Waals surface area contributed by atoms with Crippen LogP contribution in [0.4, 0.5) is 17.6 Å². The Labute approximate surface area is 192 Å². The van der Waals surface area contributed by atoms with Crippen molar-refractivity contribution in [1.82, 2.24) is 20.6 Å². The smallest absolute Gasteiger partial charge is 0.361 e. The summed E-state index contributed by atoms with van der Waals surface area (Å²) in [5, 5.41) is 8.55. The predicted octanol–water partition coefficient (Wildman–Crippen LogP) is 4.74. The lowest BCUT2D eigenvalue weighted by molar-refractivity contribution is -0.140. The normalized spacial score (nSPS) is 12.1. The lowest BCUT2D eigenvalue weighted by Gasteiger charge is -2.11. The van der Waals surface area contributed by atoms with Gasteiger partial charge >= 0.3 is 6.18 Å². The summed E-state index contributed by atoms with van der Waals surface area (Å²) in [6.07, 6.45) is -1.56. The number of alkyl halides is 3. The number of halogens is 5. The van der Waals surface area contributed by atoms with Crippen LogP contribution in [0, 0.1) is 5.82 Å². The molecule has 0 aliphatic heterocycles. The molecule has 2 heterocycles. The van der Waals surface area contributed by atoms with Gasteiger partial charge in [-0.3, -0.25) is 4.99 Å². The van der Waals surface area contributed by atoms with Gasteiger partial charge in [0.1, 0.15) is 5.82 Å². The van der Waals surface area contributed by atoms with Gasteiger partial charge in [-0.15, -0.1) is 35.3 Å². The van der Waals surface area contributed by atoms with Gasteiger partial charge in [0.2, 0.25) is 0 Å². The third-order valence-electron chi connectivity index (χ3n) is 4.20. The minimum Gasteiger partial charge on any atom is -0.361 e. The molecule has 0 bridgehead atoms. The number of aromatic amines is 1. The highest BCUT2D eigenvalue weighted by atomic mass is 127. The number of guanidine groups is 1. The number of benzene rings is 1. The van der Waals surface area contributed by atoms with Crippen molar-refractivity contribution in [3.05, 3.63) is 51.9 Å². The van der Waals surface area contributed by atoms with Gasteiger partial charge in [-0.05, 0) is 37.1 Å². The zero-order valence-electron chi connectivity index (χ0n) is 16.1. The van der Waals surface area contributed by atoms with Crippen LogP contribution in [0.1, 0.15) is 23.2 Å². The number of hydrogen-bond acceptors (Lipinski definition) is 3. The molecule has 0 aliphatic rings. The summed E-state index contributed by atoms with van der Waals surface area (Å²) in [6.45, 7) is 3.47. The first-order chi connectivity index (χ1) is 13.9. The molecule has 0 fully saturated rings. The molecule has 3 N–H and O–H groups in total. The first-order valence-electron chi connectivity index (χ1n) is 9.16. The average molecular weight is 555 g/mol. The molecule has 3 aromatic rings. The van der Waals surface area contributed by atoms with E-state index in [9.17, 15) is 17.6 Å². The number of fused-ring (bicyclic) bond motifs is 1. The second-order valence-electron chi connectivity index (χ2n) is 6.32. The highest BCUT2D eigenvalue weighted by Gasteiger charge is 2.33. The summed E-state index contributed by atoms with van der Waals surface area (Å²) < 4.78 is 51.3. The Morgan fingerprint density at radius 3 is 2.73 bits per heavy atom. The topological polar surface area (TPSA) is 65.1 Å². The lowest BCUT2D eigenvalue weighted by Crippen LogP contribution is -2.38. The van der Waals surface area contributed by atoms with Gasteiger partial charge in [-0.25, -0.2) is 9.37 Å². The Bertz CT molecular complexity index is 983. The number of aromatic nitrogens is 2. The van der Waals surface area contributed by atoms with Crippen LogP contribution >= 0.6 is 35.3 Å². The largest absolute Gasteiger partial charge is 0.434 e. The monoisotopic (exact) mass is 555 g/mol. The molecule has 30 heavy (non-hydrogen) atoms. The minimum atomic E-state index is -4.42. The van der Waals surface area contributed by atoms with Crippen LogP contribution < -0.4 is 10.6 Å². The molecule has 11 heteroatoms. The SMILES string of the molecule is CCNC(=NCCc1nc(C(F)(F)F)cs1)NCCc1c[nH]c2ccc(F)cc12.I. The number of aliphatic imine (C=N–C) groups is 1. The Balaban J connectivity index is 0.00000320. The maximum Gasteiger partial charge on any atom is 0.434 e. The van der Waals surface area contributed by atoms with Gasteiger partial charge in [0, 0.05) is 48.5 Å². The molecule has 0 spiro atoms. The van der Waals surface area contributed by atoms with Crippen LogP contribution in [0.2, 0.25) is 0 Å². The van der Waals surface area contributed by atoms with Crippen molar-refractivity contribution >= 4 is 52.2 Å². The van der Waals surface area contributed by atoms with E-state index in [-0.39, 0.29) is 29.8 Å². The fourth-order valence-electron chi connectivity index (χ4n) is 2.83. The molecule has 0 atom stereocenters. The second kappa shape index (κ2) is 10.9. The molecule has 0 aliphatic carbocycles. The van der Waals surface area contributed by atoms with Crippen molar-refractivity contribution in [2.75, 3.05) is 19.6 Å². The van der Waals surface area contributed by atoms with Crippen LogP contribution in [0.3, 0.4) is 0 Å². The van der Waals surface area contributed by atoms with E-state index in [1.165, 1.54) is 12.1 Å². The molecule has 0 saturated heterocycles. The summed E-state index contributed by atoms with van der Waals surface area (Å²) in [6, 6.07) is 4.62. The van der Waals surface area contributed by atoms with Crippen molar-refractivity contribution in [3.63, 3.8) is 0 Å². The van der Waals surface area contributed by atoms with Crippen LogP contribution in [-0.2, 0) is 19.0 Å². The number of nitrogens with zero attached hydrogens (tertiary/aromatic N) is 2. The number of rotatable bonds is 7. The molecule has 0 saturated carbocycles. The van der Waals surface area contributed by atoms with Crippen molar-refractivity contribution < 1.29 is 17.6 Å². The first kappa shape index (κ1) is 24.4. The van der Waals surface area contributed by atoms with Gasteiger partial charge in [-0.1, -0.05) is 0 Å². The summed E-state index contributed by atoms with van der Waals surface area (Å²) in [7, 11) is 0. The van der Waals surface area contributed by atoms with Crippen molar-refractivity contribution in [3.8, 4) is 0 Å². The maximum atomic E-state index is 13.5. The number of H-pyrrole nitrogens is 1. The van der Waals surface area contributed by atoms with Crippen LogP contribution in [-0.4, -0.2) is 35.6 Å². The van der Waals surface area contributed by atoms with Crippen molar-refractivity contribution in [1.29, 1.82) is 0 Å². The number of nitrogens with one attached hydrogen (secondary N) is 3. The molecule has 0 unspecified atom stereocenters. The fraction of sp³-hybridized carbons (Fsp3) is 0.368. The minimum absolute atomic E-state index is 0. The van der Waals surface area contributed by atoms with Gasteiger partial charge in [0.15, 0.2) is 11.7 Å². The standard InChI is InChI=1S/C19H21F4N5S.HI/c1-2-24-18(26-8-6-17-28-16(11-29-17)19(21,22)23)25-7-5-12-10-27-15-4-3-13(20)9-14(12)15;/h3-4,9-11,27H,2,5-8H2,1H3,(H2,24,25,26);1H. The summed E-state index contributed by atoms with van der Waals surface area (Å²) in [5.41, 5.74) is 1.01. The first-order valence-corrected chi connectivity index (χ1v) is 10.0. The fourth-order valence-corrected chi connectivity index (χ4v) is 3.63. The number of thiazole rings is 1. The second-order valence-corrected chi connectivity index (χ2v) is 7.26.